The smallest absolute Gasteiger partial charge is 0.178 e. The quantitative estimate of drug-likeness (QED) is 0.730. The van der Waals surface area contributed by atoms with Gasteiger partial charge in [0.2, 0.25) is 0 Å². The van der Waals surface area contributed by atoms with Crippen LogP contribution in [0.25, 0.3) is 5.65 Å². The summed E-state index contributed by atoms with van der Waals surface area (Å²) in [6.45, 7) is 3.15. The van der Waals surface area contributed by atoms with E-state index < -0.39 is 0 Å². The minimum Gasteiger partial charge on any atom is -0.348 e. The minimum atomic E-state index is 0.447. The number of benzene rings is 1. The summed E-state index contributed by atoms with van der Waals surface area (Å²) in [5, 5.41) is 13.2. The molecule has 0 amide bonds. The molecular weight excluding hydrogens is 286 g/mol. The van der Waals surface area contributed by atoms with Crippen molar-refractivity contribution < 1.29 is 0 Å². The lowest BCUT2D eigenvalue weighted by Crippen LogP contribution is -2.43. The molecule has 23 heavy (non-hydrogen) atoms. The van der Waals surface area contributed by atoms with Gasteiger partial charge in [0, 0.05) is 18.9 Å². The Bertz CT molecular complexity index is 884. The summed E-state index contributed by atoms with van der Waals surface area (Å²) in [5.74, 6) is 2.58. The Morgan fingerprint density at radius 1 is 1.04 bits per heavy atom. The fourth-order valence-electron chi connectivity index (χ4n) is 4.18. The highest BCUT2D eigenvalue weighted by Gasteiger charge is 2.38. The molecule has 4 heterocycles. The molecule has 6 rings (SSSR count). The predicted octanol–water partition coefficient (Wildman–Crippen LogP) is 3.13. The van der Waals surface area contributed by atoms with Gasteiger partial charge in [-0.05, 0) is 36.1 Å². The lowest BCUT2D eigenvalue weighted by atomic mass is 9.75. The largest absolute Gasteiger partial charge is 0.348 e. The normalized spacial score (nSPS) is 22.6. The van der Waals surface area contributed by atoms with E-state index in [4.69, 9.17) is 5.10 Å². The fourth-order valence-corrected chi connectivity index (χ4v) is 4.18. The molecule has 2 aromatic heterocycles. The molecule has 0 N–H and O–H groups in total. The van der Waals surface area contributed by atoms with Crippen LogP contribution in [0.1, 0.15) is 48.7 Å². The van der Waals surface area contributed by atoms with Gasteiger partial charge in [-0.15, -0.1) is 15.3 Å². The highest BCUT2D eigenvalue weighted by Crippen LogP contribution is 2.47. The second-order valence-corrected chi connectivity index (χ2v) is 6.50. The summed E-state index contributed by atoms with van der Waals surface area (Å²) < 4.78 is 1.89. The summed E-state index contributed by atoms with van der Waals surface area (Å²) in [5.41, 5.74) is 3.85. The van der Waals surface area contributed by atoms with Gasteiger partial charge in [-0.1, -0.05) is 31.2 Å². The highest BCUT2D eigenvalue weighted by molar-refractivity contribution is 5.53. The van der Waals surface area contributed by atoms with Crippen LogP contribution in [0.3, 0.4) is 0 Å². The molecule has 0 unspecified atom stereocenters. The van der Waals surface area contributed by atoms with Crippen molar-refractivity contribution in [1.29, 1.82) is 0 Å². The van der Waals surface area contributed by atoms with Gasteiger partial charge in [-0.25, -0.2) is 0 Å². The molecule has 5 heteroatoms. The Hall–Kier alpha value is -2.43. The van der Waals surface area contributed by atoms with Crippen molar-refractivity contribution in [2.24, 2.45) is 0 Å². The van der Waals surface area contributed by atoms with Crippen LogP contribution in [0.4, 0.5) is 5.82 Å². The van der Waals surface area contributed by atoms with E-state index in [2.05, 4.69) is 52.4 Å². The van der Waals surface area contributed by atoms with Gasteiger partial charge in [-0.3, -0.25) is 0 Å². The number of anilines is 1. The van der Waals surface area contributed by atoms with Gasteiger partial charge in [-0.2, -0.15) is 4.52 Å². The maximum atomic E-state index is 4.84. The van der Waals surface area contributed by atoms with E-state index >= 15 is 0 Å². The summed E-state index contributed by atoms with van der Waals surface area (Å²) in [7, 11) is 0. The van der Waals surface area contributed by atoms with Crippen molar-refractivity contribution >= 4 is 11.5 Å². The van der Waals surface area contributed by atoms with E-state index in [9.17, 15) is 0 Å². The average molecular weight is 305 g/mol. The van der Waals surface area contributed by atoms with E-state index in [1.54, 1.807) is 5.56 Å². The molecule has 2 aliphatic heterocycles. The molecule has 1 aliphatic carbocycles. The molecule has 116 valence electrons. The summed E-state index contributed by atoms with van der Waals surface area (Å²) in [6, 6.07) is 13.5. The van der Waals surface area contributed by atoms with Crippen LogP contribution >= 0.6 is 0 Å². The van der Waals surface area contributed by atoms with E-state index in [0.29, 0.717) is 12.0 Å². The van der Waals surface area contributed by atoms with Gasteiger partial charge in [0.15, 0.2) is 11.5 Å². The van der Waals surface area contributed by atoms with Gasteiger partial charge in [0.25, 0.3) is 0 Å². The number of hydrogen-bond acceptors (Lipinski definition) is 4. The zero-order chi connectivity index (χ0) is 15.4. The minimum absolute atomic E-state index is 0.447. The van der Waals surface area contributed by atoms with Crippen molar-refractivity contribution in [2.75, 3.05) is 11.4 Å². The summed E-state index contributed by atoms with van der Waals surface area (Å²) in [6.07, 6.45) is 3.34. The second kappa shape index (κ2) is 4.78. The lowest BCUT2D eigenvalue weighted by molar-refractivity contribution is 0.386. The summed E-state index contributed by atoms with van der Waals surface area (Å²) >= 11 is 0. The van der Waals surface area contributed by atoms with Crippen molar-refractivity contribution in [3.8, 4) is 0 Å². The van der Waals surface area contributed by atoms with Crippen molar-refractivity contribution in [3.63, 3.8) is 0 Å². The average Bonchev–Trinajstić information content (AvgIpc) is 3.04. The van der Waals surface area contributed by atoms with E-state index in [-0.39, 0.29) is 0 Å². The molecule has 0 saturated carbocycles. The van der Waals surface area contributed by atoms with Crippen molar-refractivity contribution in [3.05, 3.63) is 53.3 Å². The Balaban J connectivity index is 1.61. The Labute approximate surface area is 135 Å². The maximum absolute atomic E-state index is 4.84. The number of nitrogens with zero attached hydrogens (tertiary/aromatic N) is 5. The zero-order valence-electron chi connectivity index (χ0n) is 13.2. The first-order valence-electron chi connectivity index (χ1n) is 8.42. The molecular formula is C18H19N5. The number of hydrogen-bond donors (Lipinski definition) is 0. The van der Waals surface area contributed by atoms with Crippen LogP contribution < -0.4 is 4.90 Å². The van der Waals surface area contributed by atoms with Crippen molar-refractivity contribution in [2.45, 2.75) is 38.1 Å². The van der Waals surface area contributed by atoms with Crippen LogP contribution in [0, 0.1) is 0 Å². The third kappa shape index (κ3) is 1.82. The third-order valence-electron chi connectivity index (χ3n) is 5.30. The topological polar surface area (TPSA) is 46.3 Å². The Morgan fingerprint density at radius 3 is 2.78 bits per heavy atom. The molecule has 1 fully saturated rings. The second-order valence-electron chi connectivity index (χ2n) is 6.50. The molecule has 1 aromatic carbocycles. The standard InChI is InChI=1S/C18H19N5/c1-2-16-19-20-17-9-10-18(21-23(16)17)22-11-12-7-8-15(22)14-6-4-3-5-13(12)14/h3-6,9-10,12,15H,2,7-8,11H2,1H3/t12-,15+/m1/s1. The van der Waals surface area contributed by atoms with Gasteiger partial charge >= 0.3 is 0 Å². The number of aromatic nitrogens is 4. The molecule has 2 atom stereocenters. The van der Waals surface area contributed by atoms with E-state index in [1.807, 2.05) is 10.6 Å². The molecule has 3 aromatic rings. The first kappa shape index (κ1) is 13.0. The van der Waals surface area contributed by atoms with Crippen LogP contribution in [-0.4, -0.2) is 26.4 Å². The van der Waals surface area contributed by atoms with Crippen molar-refractivity contribution in [1.82, 2.24) is 19.8 Å². The first-order valence-corrected chi connectivity index (χ1v) is 8.42. The Kier molecular flexibility index (Phi) is 2.71. The molecule has 2 bridgehead atoms. The maximum Gasteiger partial charge on any atom is 0.178 e. The predicted molar refractivity (Wildman–Crippen MR) is 88.7 cm³/mol. The monoisotopic (exact) mass is 305 g/mol. The van der Waals surface area contributed by atoms with Gasteiger partial charge in [0.05, 0.1) is 6.04 Å². The molecule has 0 radical (unpaired) electrons. The van der Waals surface area contributed by atoms with Gasteiger partial charge < -0.3 is 4.90 Å². The first-order chi connectivity index (χ1) is 11.3. The number of aryl methyl sites for hydroxylation is 1. The van der Waals surface area contributed by atoms with E-state index in [0.717, 1.165) is 30.3 Å². The Morgan fingerprint density at radius 2 is 1.91 bits per heavy atom. The SMILES string of the molecule is CCc1nnc2ccc(N3C[C@H]4CC[C@H]3c3ccccc34)nn12. The van der Waals surface area contributed by atoms with Crippen LogP contribution in [-0.2, 0) is 6.42 Å². The van der Waals surface area contributed by atoms with Crippen LogP contribution in [0.5, 0.6) is 0 Å². The van der Waals surface area contributed by atoms with Gasteiger partial charge in [0.1, 0.15) is 5.82 Å². The molecule has 1 saturated heterocycles. The number of fused-ring (bicyclic) bond motifs is 3. The third-order valence-corrected chi connectivity index (χ3v) is 5.30. The number of piperidine rings is 1. The molecule has 3 aliphatic rings. The lowest BCUT2D eigenvalue weighted by Gasteiger charge is -2.47. The van der Waals surface area contributed by atoms with Crippen LogP contribution in [0.15, 0.2) is 36.4 Å². The summed E-state index contributed by atoms with van der Waals surface area (Å²) in [4.78, 5) is 2.47. The number of rotatable bonds is 2. The zero-order valence-corrected chi connectivity index (χ0v) is 13.2. The molecule has 5 nitrogen and oxygen atoms in total. The molecule has 0 spiro atoms. The van der Waals surface area contributed by atoms with E-state index in [1.165, 1.54) is 18.4 Å². The fraction of sp³-hybridized carbons (Fsp3) is 0.389. The van der Waals surface area contributed by atoms with Crippen LogP contribution in [0.2, 0.25) is 0 Å². The highest BCUT2D eigenvalue weighted by atomic mass is 15.4.